The standard InChI is InChI=1S/C27H32N6O5S/c1-27(2,3)14-15-28-23(34)18-6-10-21(11-7-18)38-26(37)32-16-12-22(13-17-32)39-25-29-30-31-33(25)20-8-4-19(5-9-20)24(35)36/h4-11,22H,12-17H2,1-3H3,(H,28,34)(H,35,36). The zero-order valence-electron chi connectivity index (χ0n) is 22.2. The summed E-state index contributed by atoms with van der Waals surface area (Å²) in [5.41, 5.74) is 1.52. The Labute approximate surface area is 230 Å². The average molecular weight is 553 g/mol. The molecule has 0 radical (unpaired) electrons. The molecule has 1 aliphatic rings. The maximum Gasteiger partial charge on any atom is 0.415 e. The number of ether oxygens (including phenoxy) is 1. The highest BCUT2D eigenvalue weighted by molar-refractivity contribution is 7.99. The molecule has 2 N–H and O–H groups in total. The summed E-state index contributed by atoms with van der Waals surface area (Å²) in [5, 5.41) is 24.7. The summed E-state index contributed by atoms with van der Waals surface area (Å²) in [6, 6.07) is 12.9. The van der Waals surface area contributed by atoms with Gasteiger partial charge in [-0.25, -0.2) is 9.59 Å². The summed E-state index contributed by atoms with van der Waals surface area (Å²) in [4.78, 5) is 37.8. The van der Waals surface area contributed by atoms with Gasteiger partial charge in [-0.05, 0) is 83.6 Å². The van der Waals surface area contributed by atoms with Crippen molar-refractivity contribution in [1.29, 1.82) is 0 Å². The number of aromatic nitrogens is 4. The van der Waals surface area contributed by atoms with E-state index in [-0.39, 0.29) is 22.1 Å². The van der Waals surface area contributed by atoms with Gasteiger partial charge in [0.05, 0.1) is 11.3 Å². The highest BCUT2D eigenvalue weighted by atomic mass is 32.2. The van der Waals surface area contributed by atoms with E-state index in [1.807, 2.05) is 0 Å². The molecule has 4 rings (SSSR count). The second kappa shape index (κ2) is 12.3. The second-order valence-electron chi connectivity index (χ2n) is 10.5. The fraction of sp³-hybridized carbons (Fsp3) is 0.407. The van der Waals surface area contributed by atoms with Crippen LogP contribution in [0.15, 0.2) is 53.7 Å². The van der Waals surface area contributed by atoms with Crippen molar-refractivity contribution in [2.75, 3.05) is 19.6 Å². The highest BCUT2D eigenvalue weighted by Crippen LogP contribution is 2.30. The summed E-state index contributed by atoms with van der Waals surface area (Å²) < 4.78 is 7.10. The average Bonchev–Trinajstić information content (AvgIpc) is 3.36. The number of carbonyl (C=O) groups excluding carboxylic acids is 2. The predicted molar refractivity (Wildman–Crippen MR) is 145 cm³/mol. The molecule has 1 fully saturated rings. The van der Waals surface area contributed by atoms with Gasteiger partial charge in [-0.15, -0.1) is 5.10 Å². The van der Waals surface area contributed by atoms with Crippen molar-refractivity contribution < 1.29 is 24.2 Å². The van der Waals surface area contributed by atoms with Gasteiger partial charge in [0, 0.05) is 30.4 Å². The topological polar surface area (TPSA) is 140 Å². The van der Waals surface area contributed by atoms with Crippen molar-refractivity contribution in [3.63, 3.8) is 0 Å². The van der Waals surface area contributed by atoms with Gasteiger partial charge in [-0.3, -0.25) is 4.79 Å². The summed E-state index contributed by atoms with van der Waals surface area (Å²) in [6.45, 7) is 8.03. The number of carbonyl (C=O) groups is 3. The first-order chi connectivity index (χ1) is 18.6. The molecule has 2 heterocycles. The number of piperidine rings is 1. The monoisotopic (exact) mass is 552 g/mol. The number of carboxylic acids is 1. The number of hydrogen-bond acceptors (Lipinski definition) is 8. The van der Waals surface area contributed by atoms with E-state index >= 15 is 0 Å². The smallest absolute Gasteiger partial charge is 0.415 e. The van der Waals surface area contributed by atoms with E-state index in [2.05, 4.69) is 41.6 Å². The van der Waals surface area contributed by atoms with Gasteiger partial charge in [0.25, 0.3) is 5.91 Å². The largest absolute Gasteiger partial charge is 0.478 e. The number of nitrogens with zero attached hydrogens (tertiary/aromatic N) is 5. The summed E-state index contributed by atoms with van der Waals surface area (Å²) >= 11 is 1.53. The molecule has 0 saturated carbocycles. The summed E-state index contributed by atoms with van der Waals surface area (Å²) in [5.74, 6) is -0.763. The van der Waals surface area contributed by atoms with Crippen LogP contribution in [0.5, 0.6) is 5.75 Å². The number of hydrogen-bond donors (Lipinski definition) is 2. The minimum Gasteiger partial charge on any atom is -0.478 e. The molecule has 0 atom stereocenters. The van der Waals surface area contributed by atoms with E-state index in [1.54, 1.807) is 46.0 Å². The Bertz CT molecular complexity index is 1300. The molecule has 0 bridgehead atoms. The van der Waals surface area contributed by atoms with Crippen LogP contribution in [0.4, 0.5) is 4.79 Å². The van der Waals surface area contributed by atoms with Gasteiger partial charge in [0.2, 0.25) is 5.16 Å². The van der Waals surface area contributed by atoms with Crippen LogP contribution < -0.4 is 10.1 Å². The van der Waals surface area contributed by atoms with E-state index in [1.165, 1.54) is 23.9 Å². The quantitative estimate of drug-likeness (QED) is 0.419. The van der Waals surface area contributed by atoms with Crippen molar-refractivity contribution in [3.05, 3.63) is 59.7 Å². The Morgan fingerprint density at radius 2 is 1.67 bits per heavy atom. The molecular formula is C27H32N6O5S. The fourth-order valence-corrected chi connectivity index (χ4v) is 5.03. The minimum absolute atomic E-state index is 0.146. The molecule has 206 valence electrons. The molecule has 2 aromatic carbocycles. The maximum absolute atomic E-state index is 12.7. The lowest BCUT2D eigenvalue weighted by molar-refractivity contribution is 0.0696. The third-order valence-electron chi connectivity index (χ3n) is 6.25. The van der Waals surface area contributed by atoms with Crippen molar-refractivity contribution in [3.8, 4) is 11.4 Å². The summed E-state index contributed by atoms with van der Waals surface area (Å²) in [7, 11) is 0. The Morgan fingerprint density at radius 1 is 1.03 bits per heavy atom. The highest BCUT2D eigenvalue weighted by Gasteiger charge is 2.26. The number of nitrogens with one attached hydrogen (secondary N) is 1. The van der Waals surface area contributed by atoms with Crippen LogP contribution in [0.1, 0.15) is 60.7 Å². The van der Waals surface area contributed by atoms with Gasteiger partial charge < -0.3 is 20.1 Å². The lowest BCUT2D eigenvalue weighted by Crippen LogP contribution is -2.41. The summed E-state index contributed by atoms with van der Waals surface area (Å²) in [6.07, 6.45) is 1.92. The molecule has 0 unspecified atom stereocenters. The van der Waals surface area contributed by atoms with E-state index in [4.69, 9.17) is 9.84 Å². The van der Waals surface area contributed by atoms with Crippen molar-refractivity contribution in [2.45, 2.75) is 50.4 Å². The molecule has 1 aliphatic heterocycles. The molecule has 1 aromatic heterocycles. The Hall–Kier alpha value is -3.93. The zero-order valence-corrected chi connectivity index (χ0v) is 23.0. The normalized spacial score (nSPS) is 14.2. The third-order valence-corrected chi connectivity index (χ3v) is 7.52. The van der Waals surface area contributed by atoms with Gasteiger partial charge >= 0.3 is 12.1 Å². The molecule has 0 aliphatic carbocycles. The van der Waals surface area contributed by atoms with Gasteiger partial charge in [-0.1, -0.05) is 32.5 Å². The van der Waals surface area contributed by atoms with Crippen molar-refractivity contribution in [2.24, 2.45) is 5.41 Å². The molecule has 12 heteroatoms. The minimum atomic E-state index is -0.996. The number of amides is 2. The van der Waals surface area contributed by atoms with Crippen LogP contribution in [0.3, 0.4) is 0 Å². The van der Waals surface area contributed by atoms with Crippen molar-refractivity contribution >= 4 is 29.7 Å². The zero-order chi connectivity index (χ0) is 28.0. The number of likely N-dealkylation sites (tertiary alicyclic amines) is 1. The number of aromatic carboxylic acids is 1. The van der Waals surface area contributed by atoms with Gasteiger partial charge in [0.1, 0.15) is 5.75 Å². The molecular weight excluding hydrogens is 520 g/mol. The SMILES string of the molecule is CC(C)(C)CCNC(=O)c1ccc(OC(=O)N2CCC(Sc3nnnn3-c3ccc(C(=O)O)cc3)CC2)cc1. The van der Waals surface area contributed by atoms with E-state index in [0.717, 1.165) is 19.3 Å². The number of tetrazole rings is 1. The van der Waals surface area contributed by atoms with Crippen LogP contribution >= 0.6 is 11.8 Å². The lowest BCUT2D eigenvalue weighted by atomic mass is 9.92. The Balaban J connectivity index is 1.25. The number of thioether (sulfide) groups is 1. The first kappa shape index (κ1) is 28.1. The van der Waals surface area contributed by atoms with E-state index < -0.39 is 12.1 Å². The van der Waals surface area contributed by atoms with Crippen LogP contribution in [-0.2, 0) is 0 Å². The van der Waals surface area contributed by atoms with Crippen LogP contribution in [-0.4, -0.2) is 73.1 Å². The van der Waals surface area contributed by atoms with Crippen molar-refractivity contribution in [1.82, 2.24) is 30.4 Å². The number of carboxylic acid groups (broad SMARTS) is 1. The Kier molecular flexibility index (Phi) is 8.85. The maximum atomic E-state index is 12.7. The predicted octanol–water partition coefficient (Wildman–Crippen LogP) is 4.28. The molecule has 2 amide bonds. The van der Waals surface area contributed by atoms with Crippen LogP contribution in [0, 0.1) is 5.41 Å². The molecule has 39 heavy (non-hydrogen) atoms. The third kappa shape index (κ3) is 7.79. The molecule has 11 nitrogen and oxygen atoms in total. The molecule has 1 saturated heterocycles. The van der Waals surface area contributed by atoms with E-state index in [0.29, 0.717) is 41.8 Å². The second-order valence-corrected chi connectivity index (χ2v) is 11.8. The number of rotatable bonds is 8. The lowest BCUT2D eigenvalue weighted by Gasteiger charge is -2.30. The van der Waals surface area contributed by atoms with Crippen LogP contribution in [0.25, 0.3) is 5.69 Å². The molecule has 0 spiro atoms. The fourth-order valence-electron chi connectivity index (χ4n) is 3.96. The number of benzene rings is 2. The Morgan fingerprint density at radius 3 is 2.28 bits per heavy atom. The van der Waals surface area contributed by atoms with E-state index in [9.17, 15) is 14.4 Å². The first-order valence-electron chi connectivity index (χ1n) is 12.7. The van der Waals surface area contributed by atoms with Crippen LogP contribution in [0.2, 0.25) is 0 Å². The first-order valence-corrected chi connectivity index (χ1v) is 13.6. The van der Waals surface area contributed by atoms with Gasteiger partial charge in [-0.2, -0.15) is 4.68 Å². The van der Waals surface area contributed by atoms with Gasteiger partial charge in [0.15, 0.2) is 0 Å². The molecule has 3 aromatic rings.